The van der Waals surface area contributed by atoms with Gasteiger partial charge in [0.1, 0.15) is 6.10 Å². The highest BCUT2D eigenvalue weighted by Crippen LogP contribution is 2.64. The van der Waals surface area contributed by atoms with Gasteiger partial charge in [-0.1, -0.05) is 42.5 Å². The van der Waals surface area contributed by atoms with Crippen LogP contribution in [0.4, 0.5) is 0 Å². The molecule has 0 aliphatic heterocycles. The second-order valence-corrected chi connectivity index (χ2v) is 6.58. The summed E-state index contributed by atoms with van der Waals surface area (Å²) >= 11 is 0. The van der Waals surface area contributed by atoms with Crippen molar-refractivity contribution in [2.24, 2.45) is 23.7 Å². The third-order valence-corrected chi connectivity index (χ3v) is 5.37. The highest BCUT2D eigenvalue weighted by atomic mass is 16.5. The van der Waals surface area contributed by atoms with Crippen molar-refractivity contribution < 1.29 is 19.1 Å². The SMILES string of the molecule is CCOC(=O)C1=C(c2ccccc2)[C@H]2[C@@H]3C=C[C@@H]([C@H]3OC(C)=O)[C@@H]12. The lowest BCUT2D eigenvalue weighted by molar-refractivity contribution is -0.148. The van der Waals surface area contributed by atoms with Crippen molar-refractivity contribution >= 4 is 17.5 Å². The number of esters is 2. The van der Waals surface area contributed by atoms with Crippen LogP contribution in [-0.2, 0) is 19.1 Å². The molecule has 3 aliphatic carbocycles. The van der Waals surface area contributed by atoms with Gasteiger partial charge in [0.25, 0.3) is 0 Å². The number of benzene rings is 1. The Kier molecular flexibility index (Phi) is 3.56. The number of ether oxygens (including phenoxy) is 2. The highest BCUT2D eigenvalue weighted by Gasteiger charge is 2.63. The number of fused-ring (bicyclic) bond motifs is 5. The lowest BCUT2D eigenvalue weighted by atomic mass is 9.61. The lowest BCUT2D eigenvalue weighted by Crippen LogP contribution is -2.37. The van der Waals surface area contributed by atoms with Gasteiger partial charge >= 0.3 is 11.9 Å². The first-order chi connectivity index (χ1) is 11.6. The van der Waals surface area contributed by atoms with Crippen molar-refractivity contribution in [3.8, 4) is 0 Å². The predicted molar refractivity (Wildman–Crippen MR) is 88.6 cm³/mol. The summed E-state index contributed by atoms with van der Waals surface area (Å²) in [5.74, 6) is 0.0527. The molecule has 0 aromatic heterocycles. The van der Waals surface area contributed by atoms with Crippen LogP contribution in [0.1, 0.15) is 19.4 Å². The number of carbonyl (C=O) groups excluding carboxylic acids is 2. The topological polar surface area (TPSA) is 52.6 Å². The minimum Gasteiger partial charge on any atom is -0.463 e. The van der Waals surface area contributed by atoms with Crippen molar-refractivity contribution in [2.75, 3.05) is 6.61 Å². The molecule has 4 rings (SSSR count). The normalized spacial score (nSPS) is 32.3. The fraction of sp³-hybridized carbons (Fsp3) is 0.400. The quantitative estimate of drug-likeness (QED) is 0.631. The lowest BCUT2D eigenvalue weighted by Gasteiger charge is -2.41. The molecule has 1 fully saturated rings. The average Bonchev–Trinajstić information content (AvgIpc) is 3.00. The largest absolute Gasteiger partial charge is 0.463 e. The Bertz CT molecular complexity index is 746. The van der Waals surface area contributed by atoms with Crippen LogP contribution in [0.3, 0.4) is 0 Å². The molecule has 4 nitrogen and oxygen atoms in total. The summed E-state index contributed by atoms with van der Waals surface area (Å²) < 4.78 is 10.9. The third-order valence-electron chi connectivity index (χ3n) is 5.37. The van der Waals surface area contributed by atoms with E-state index in [0.29, 0.717) is 6.61 Å². The monoisotopic (exact) mass is 324 g/mol. The van der Waals surface area contributed by atoms with Crippen LogP contribution < -0.4 is 0 Å². The minimum atomic E-state index is -0.265. The van der Waals surface area contributed by atoms with Crippen LogP contribution >= 0.6 is 0 Å². The number of allylic oxidation sites excluding steroid dienone is 1. The van der Waals surface area contributed by atoms with E-state index < -0.39 is 0 Å². The molecule has 3 aliphatic rings. The molecule has 4 heteroatoms. The van der Waals surface area contributed by atoms with Gasteiger partial charge in [-0.25, -0.2) is 4.79 Å². The molecule has 1 aromatic carbocycles. The van der Waals surface area contributed by atoms with E-state index in [0.717, 1.165) is 16.7 Å². The molecule has 0 saturated heterocycles. The van der Waals surface area contributed by atoms with Crippen LogP contribution in [0, 0.1) is 23.7 Å². The van der Waals surface area contributed by atoms with Gasteiger partial charge in [-0.15, -0.1) is 0 Å². The van der Waals surface area contributed by atoms with Gasteiger partial charge in [0.2, 0.25) is 0 Å². The van der Waals surface area contributed by atoms with E-state index in [1.54, 1.807) is 0 Å². The minimum absolute atomic E-state index is 0.0794. The molecule has 0 N–H and O–H groups in total. The van der Waals surface area contributed by atoms with Crippen LogP contribution in [0.5, 0.6) is 0 Å². The number of hydrogen-bond acceptors (Lipinski definition) is 4. The van der Waals surface area contributed by atoms with E-state index >= 15 is 0 Å². The number of rotatable bonds is 4. The first kappa shape index (κ1) is 15.2. The van der Waals surface area contributed by atoms with E-state index in [1.165, 1.54) is 6.92 Å². The molecular weight excluding hydrogens is 304 g/mol. The maximum absolute atomic E-state index is 12.5. The van der Waals surface area contributed by atoms with Gasteiger partial charge in [0.15, 0.2) is 0 Å². The zero-order valence-electron chi connectivity index (χ0n) is 13.8. The van der Waals surface area contributed by atoms with Crippen molar-refractivity contribution in [2.45, 2.75) is 20.0 Å². The molecule has 0 heterocycles. The summed E-state index contributed by atoms with van der Waals surface area (Å²) in [4.78, 5) is 24.0. The Labute approximate surface area is 141 Å². The fourth-order valence-corrected chi connectivity index (χ4v) is 4.64. The Hall–Kier alpha value is -2.36. The number of carbonyl (C=O) groups is 2. The number of hydrogen-bond donors (Lipinski definition) is 0. The first-order valence-electron chi connectivity index (χ1n) is 8.45. The molecule has 0 radical (unpaired) electrons. The summed E-state index contributed by atoms with van der Waals surface area (Å²) in [6, 6.07) is 9.98. The van der Waals surface area contributed by atoms with Gasteiger partial charge < -0.3 is 9.47 Å². The van der Waals surface area contributed by atoms with Crippen molar-refractivity contribution in [3.05, 3.63) is 53.6 Å². The van der Waals surface area contributed by atoms with E-state index in [4.69, 9.17) is 9.47 Å². The summed E-state index contributed by atoms with van der Waals surface area (Å²) in [5, 5.41) is 0. The fourth-order valence-electron chi connectivity index (χ4n) is 4.64. The van der Waals surface area contributed by atoms with E-state index in [9.17, 15) is 9.59 Å². The summed E-state index contributed by atoms with van der Waals surface area (Å²) in [6.07, 6.45) is 4.08. The molecule has 0 spiro atoms. The second kappa shape index (κ2) is 5.62. The van der Waals surface area contributed by atoms with Crippen molar-refractivity contribution in [3.63, 3.8) is 0 Å². The molecule has 24 heavy (non-hydrogen) atoms. The summed E-state index contributed by atoms with van der Waals surface area (Å²) in [7, 11) is 0. The zero-order valence-corrected chi connectivity index (χ0v) is 13.8. The smallest absolute Gasteiger partial charge is 0.334 e. The van der Waals surface area contributed by atoms with Crippen LogP contribution in [0.2, 0.25) is 0 Å². The van der Waals surface area contributed by atoms with Gasteiger partial charge in [-0.2, -0.15) is 0 Å². The Balaban J connectivity index is 1.74. The van der Waals surface area contributed by atoms with E-state index in [-0.39, 0.29) is 41.7 Å². The second-order valence-electron chi connectivity index (χ2n) is 6.58. The molecular formula is C20H20O4. The molecule has 1 aromatic rings. The first-order valence-corrected chi connectivity index (χ1v) is 8.45. The molecule has 0 amide bonds. The van der Waals surface area contributed by atoms with Gasteiger partial charge in [0.05, 0.1) is 6.61 Å². The van der Waals surface area contributed by atoms with Crippen molar-refractivity contribution in [1.82, 2.24) is 0 Å². The molecule has 5 atom stereocenters. The molecule has 2 bridgehead atoms. The maximum Gasteiger partial charge on any atom is 0.334 e. The Morgan fingerprint density at radius 3 is 2.33 bits per heavy atom. The highest BCUT2D eigenvalue weighted by molar-refractivity contribution is 6.03. The van der Waals surface area contributed by atoms with Gasteiger partial charge in [-0.05, 0) is 18.1 Å². The zero-order chi connectivity index (χ0) is 16.8. The van der Waals surface area contributed by atoms with Gasteiger partial charge in [0, 0.05) is 36.2 Å². The van der Waals surface area contributed by atoms with Crippen LogP contribution in [-0.4, -0.2) is 24.6 Å². The Morgan fingerprint density at radius 1 is 1.04 bits per heavy atom. The summed E-state index contributed by atoms with van der Waals surface area (Å²) in [6.45, 7) is 3.62. The van der Waals surface area contributed by atoms with Crippen molar-refractivity contribution in [1.29, 1.82) is 0 Å². The standard InChI is InChI=1S/C20H20O4/c1-3-23-20(22)18-15(12-7-5-4-6-8-12)16-13-9-10-14(17(16)18)19(13)24-11(2)21/h4-10,13-14,16-17,19H,3H2,1-2H3/t13-,14+,16+,17+,19-/m0/s1. The molecule has 0 unspecified atom stereocenters. The Morgan fingerprint density at radius 2 is 1.71 bits per heavy atom. The van der Waals surface area contributed by atoms with E-state index in [2.05, 4.69) is 12.2 Å². The molecule has 1 saturated carbocycles. The maximum atomic E-state index is 12.5. The van der Waals surface area contributed by atoms with Crippen LogP contribution in [0.25, 0.3) is 5.57 Å². The third kappa shape index (κ3) is 2.05. The summed E-state index contributed by atoms with van der Waals surface area (Å²) in [5.41, 5.74) is 2.89. The predicted octanol–water partition coefficient (Wildman–Crippen LogP) is 3.00. The molecule has 124 valence electrons. The van der Waals surface area contributed by atoms with Crippen LogP contribution in [0.15, 0.2) is 48.1 Å². The average molecular weight is 324 g/mol. The van der Waals surface area contributed by atoms with E-state index in [1.807, 2.05) is 37.3 Å². The van der Waals surface area contributed by atoms with Gasteiger partial charge in [-0.3, -0.25) is 4.79 Å².